The van der Waals surface area contributed by atoms with Crippen molar-refractivity contribution >= 4 is 28.6 Å². The third-order valence-corrected chi connectivity index (χ3v) is 8.47. The van der Waals surface area contributed by atoms with E-state index in [2.05, 4.69) is 45.4 Å². The summed E-state index contributed by atoms with van der Waals surface area (Å²) in [6, 6.07) is 4.21. The predicted octanol–water partition coefficient (Wildman–Crippen LogP) is 5.94. The molecule has 1 aliphatic carbocycles. The number of pyridine rings is 2. The van der Waals surface area contributed by atoms with Gasteiger partial charge in [-0.3, -0.25) is 14.5 Å². The van der Waals surface area contributed by atoms with Crippen molar-refractivity contribution in [1.82, 2.24) is 29.7 Å². The molecule has 10 heteroatoms. The van der Waals surface area contributed by atoms with Gasteiger partial charge in [0, 0.05) is 37.1 Å². The first-order valence-corrected chi connectivity index (χ1v) is 14.1. The van der Waals surface area contributed by atoms with Gasteiger partial charge in [-0.15, -0.1) is 0 Å². The van der Waals surface area contributed by atoms with Gasteiger partial charge in [-0.1, -0.05) is 50.4 Å². The van der Waals surface area contributed by atoms with E-state index in [1.165, 1.54) is 25.7 Å². The lowest BCUT2D eigenvalue weighted by Crippen LogP contribution is -2.35. The van der Waals surface area contributed by atoms with Crippen molar-refractivity contribution in [2.24, 2.45) is 17.8 Å². The Morgan fingerprint density at radius 1 is 1.13 bits per heavy atom. The third kappa shape index (κ3) is 4.72. The molecular formula is C28H34ClN7O2. The number of aromatic amines is 1. The minimum absolute atomic E-state index is 0.270. The number of halogens is 1. The highest BCUT2D eigenvalue weighted by Crippen LogP contribution is 2.39. The Labute approximate surface area is 226 Å². The number of fused-ring (bicyclic) bond motifs is 1. The van der Waals surface area contributed by atoms with Gasteiger partial charge in [0.25, 0.3) is 0 Å². The van der Waals surface area contributed by atoms with Crippen LogP contribution in [0.1, 0.15) is 59.3 Å². The Kier molecular flexibility index (Phi) is 6.72. The predicted molar refractivity (Wildman–Crippen MR) is 148 cm³/mol. The van der Waals surface area contributed by atoms with Crippen molar-refractivity contribution in [2.45, 2.75) is 71.9 Å². The molecule has 0 amide bonds. The molecule has 0 bridgehead atoms. The Balaban J connectivity index is 1.58. The van der Waals surface area contributed by atoms with Crippen molar-refractivity contribution in [3.8, 4) is 22.8 Å². The largest absolute Gasteiger partial charge is 0.439 e. The van der Waals surface area contributed by atoms with Gasteiger partial charge in [0.2, 0.25) is 11.8 Å². The van der Waals surface area contributed by atoms with Crippen LogP contribution in [0.2, 0.25) is 5.02 Å². The van der Waals surface area contributed by atoms with Gasteiger partial charge >= 0.3 is 5.76 Å². The molecule has 1 saturated heterocycles. The molecule has 5 heterocycles. The zero-order valence-corrected chi connectivity index (χ0v) is 22.9. The zero-order valence-electron chi connectivity index (χ0n) is 22.2. The average Bonchev–Trinajstić information content (AvgIpc) is 3.63. The van der Waals surface area contributed by atoms with Gasteiger partial charge in [-0.05, 0) is 55.6 Å². The van der Waals surface area contributed by atoms with E-state index in [-0.39, 0.29) is 5.82 Å². The molecule has 0 aromatic carbocycles. The smallest absolute Gasteiger partial charge is 0.339 e. The van der Waals surface area contributed by atoms with E-state index in [0.717, 1.165) is 60.1 Å². The van der Waals surface area contributed by atoms with Crippen LogP contribution in [0, 0.1) is 17.8 Å². The molecule has 1 N–H and O–H groups in total. The molecule has 6 rings (SSSR count). The molecule has 1 saturated carbocycles. The van der Waals surface area contributed by atoms with Crippen molar-refractivity contribution in [2.75, 3.05) is 11.4 Å². The second-order valence-electron chi connectivity index (χ2n) is 11.4. The lowest BCUT2D eigenvalue weighted by atomic mass is 9.83. The molecule has 2 fully saturated rings. The molecule has 1 aliphatic heterocycles. The normalized spacial score (nSPS) is 22.1. The summed E-state index contributed by atoms with van der Waals surface area (Å²) in [6.45, 7) is 8.82. The molecule has 0 spiro atoms. The summed E-state index contributed by atoms with van der Waals surface area (Å²) in [5, 5.41) is 4.43. The van der Waals surface area contributed by atoms with E-state index in [0.29, 0.717) is 28.6 Å². The Bertz CT molecular complexity index is 1500. The molecule has 4 aromatic rings. The van der Waals surface area contributed by atoms with E-state index in [1.54, 1.807) is 12.4 Å². The number of anilines is 1. The first-order valence-electron chi connectivity index (χ1n) is 13.7. The topological polar surface area (TPSA) is 106 Å². The van der Waals surface area contributed by atoms with E-state index in [1.807, 2.05) is 12.1 Å². The van der Waals surface area contributed by atoms with Gasteiger partial charge in [0.15, 0.2) is 0 Å². The van der Waals surface area contributed by atoms with Crippen LogP contribution in [0.25, 0.3) is 33.8 Å². The minimum atomic E-state index is -0.623. The number of rotatable bonds is 6. The molecule has 1 unspecified atom stereocenters. The summed E-state index contributed by atoms with van der Waals surface area (Å²) in [5.74, 6) is 2.54. The summed E-state index contributed by atoms with van der Waals surface area (Å²) in [6.07, 6.45) is 10.7. The summed E-state index contributed by atoms with van der Waals surface area (Å²) in [5.41, 5.74) is 3.78. The van der Waals surface area contributed by atoms with Crippen LogP contribution in [0.4, 0.5) is 5.95 Å². The van der Waals surface area contributed by atoms with Crippen LogP contribution in [-0.4, -0.2) is 42.2 Å². The SMILES string of the molecule is CC1CCC(Cn2c(N3CCCC3C(C)C)nc3cc(-c4noc(=O)[nH]4)nc(-c4cncc(Cl)c4)c32)CC1. The quantitative estimate of drug-likeness (QED) is 0.325. The molecule has 200 valence electrons. The van der Waals surface area contributed by atoms with E-state index >= 15 is 0 Å². The van der Waals surface area contributed by atoms with Gasteiger partial charge in [0.1, 0.15) is 5.69 Å². The number of H-pyrrole nitrogens is 1. The second kappa shape index (κ2) is 10.2. The molecule has 9 nitrogen and oxygen atoms in total. The molecule has 4 aromatic heterocycles. The number of hydrogen-bond acceptors (Lipinski definition) is 7. The molecule has 38 heavy (non-hydrogen) atoms. The standard InChI is InChI=1S/C28H34ClN7O2/c1-16(2)23-5-4-10-35(23)27-32-21-12-22(26-33-28(37)38-34-26)31-24(19-11-20(29)14-30-13-19)25(21)36(27)15-18-8-6-17(3)7-9-18/h11-14,16-18,23H,4-10,15H2,1-3H3,(H,33,34,37). The fourth-order valence-electron chi connectivity index (χ4n) is 6.24. The summed E-state index contributed by atoms with van der Waals surface area (Å²) >= 11 is 6.38. The van der Waals surface area contributed by atoms with Crippen LogP contribution in [0.15, 0.2) is 33.8 Å². The van der Waals surface area contributed by atoms with Crippen LogP contribution in [0.3, 0.4) is 0 Å². The van der Waals surface area contributed by atoms with Crippen LogP contribution >= 0.6 is 11.6 Å². The maximum absolute atomic E-state index is 11.7. The highest BCUT2D eigenvalue weighted by molar-refractivity contribution is 6.30. The Morgan fingerprint density at radius 2 is 1.95 bits per heavy atom. The van der Waals surface area contributed by atoms with Crippen LogP contribution in [0.5, 0.6) is 0 Å². The van der Waals surface area contributed by atoms with Crippen molar-refractivity contribution in [3.05, 3.63) is 40.1 Å². The molecule has 2 aliphatic rings. The van der Waals surface area contributed by atoms with Crippen molar-refractivity contribution in [1.29, 1.82) is 0 Å². The summed E-state index contributed by atoms with van der Waals surface area (Å²) < 4.78 is 7.19. The molecular weight excluding hydrogens is 502 g/mol. The second-order valence-corrected chi connectivity index (χ2v) is 11.8. The number of nitrogens with zero attached hydrogens (tertiary/aromatic N) is 6. The highest BCUT2D eigenvalue weighted by atomic mass is 35.5. The van der Waals surface area contributed by atoms with Crippen molar-refractivity contribution < 1.29 is 4.52 Å². The first-order chi connectivity index (χ1) is 18.4. The zero-order chi connectivity index (χ0) is 26.4. The fourth-order valence-corrected chi connectivity index (χ4v) is 6.42. The lowest BCUT2D eigenvalue weighted by molar-refractivity contribution is 0.266. The fraction of sp³-hybridized carbons (Fsp3) is 0.536. The van der Waals surface area contributed by atoms with E-state index in [4.69, 9.17) is 26.1 Å². The highest BCUT2D eigenvalue weighted by Gasteiger charge is 2.33. The van der Waals surface area contributed by atoms with Crippen LogP contribution in [-0.2, 0) is 6.54 Å². The number of hydrogen-bond donors (Lipinski definition) is 1. The Morgan fingerprint density at radius 3 is 2.66 bits per heavy atom. The Hall–Kier alpha value is -3.20. The maximum Gasteiger partial charge on any atom is 0.439 e. The molecule has 1 atom stereocenters. The minimum Gasteiger partial charge on any atom is -0.339 e. The lowest BCUT2D eigenvalue weighted by Gasteiger charge is -2.31. The van der Waals surface area contributed by atoms with Crippen LogP contribution < -0.4 is 10.7 Å². The average molecular weight is 536 g/mol. The first kappa shape index (κ1) is 25.1. The van der Waals surface area contributed by atoms with Gasteiger partial charge in [-0.25, -0.2) is 14.8 Å². The summed E-state index contributed by atoms with van der Waals surface area (Å²) in [7, 11) is 0. The van der Waals surface area contributed by atoms with Gasteiger partial charge < -0.3 is 9.47 Å². The van der Waals surface area contributed by atoms with Gasteiger partial charge in [0.05, 0.1) is 21.7 Å². The van der Waals surface area contributed by atoms with Crippen molar-refractivity contribution in [3.63, 3.8) is 0 Å². The number of aromatic nitrogens is 6. The summed E-state index contributed by atoms with van der Waals surface area (Å²) in [4.78, 5) is 31.4. The maximum atomic E-state index is 11.7. The molecule has 0 radical (unpaired) electrons. The van der Waals surface area contributed by atoms with Gasteiger partial charge in [-0.2, -0.15) is 0 Å². The number of nitrogens with one attached hydrogen (secondary N) is 1. The van der Waals surface area contributed by atoms with E-state index < -0.39 is 5.76 Å². The number of imidazole rings is 1. The monoisotopic (exact) mass is 535 g/mol. The van der Waals surface area contributed by atoms with E-state index in [9.17, 15) is 4.79 Å². The third-order valence-electron chi connectivity index (χ3n) is 8.27.